The molecule has 2 amide bonds. The average Bonchev–Trinajstić information content (AvgIpc) is 2.84. The standard InChI is InChI=1S/C26H20Br2N2O4/c1-33-23-11-9-15(13-19(23)27)25(31)29-21-7-3-6-18-17(21)5-4-8-22(18)30-26(32)16-10-12-24(34-2)20(28)14-16/h3-14H,1-2H3,(H,29,31)(H,30,32). The van der Waals surface area contributed by atoms with Gasteiger partial charge in [0.25, 0.3) is 11.8 Å². The third-order valence-corrected chi connectivity index (χ3v) is 6.49. The lowest BCUT2D eigenvalue weighted by Crippen LogP contribution is -2.13. The molecule has 0 spiro atoms. The molecule has 0 saturated carbocycles. The van der Waals surface area contributed by atoms with Gasteiger partial charge in [-0.15, -0.1) is 0 Å². The van der Waals surface area contributed by atoms with Crippen LogP contribution in [-0.2, 0) is 0 Å². The summed E-state index contributed by atoms with van der Waals surface area (Å²) in [6.45, 7) is 0. The Morgan fingerprint density at radius 1 is 0.647 bits per heavy atom. The Balaban J connectivity index is 1.61. The van der Waals surface area contributed by atoms with Crippen molar-refractivity contribution in [1.29, 1.82) is 0 Å². The molecular formula is C26H20Br2N2O4. The first kappa shape index (κ1) is 23.8. The smallest absolute Gasteiger partial charge is 0.255 e. The first-order valence-corrected chi connectivity index (χ1v) is 11.8. The third kappa shape index (κ3) is 4.93. The maximum absolute atomic E-state index is 12.9. The molecule has 0 heterocycles. The van der Waals surface area contributed by atoms with Crippen LogP contribution in [0.4, 0.5) is 11.4 Å². The van der Waals surface area contributed by atoms with Crippen molar-refractivity contribution >= 4 is 65.8 Å². The van der Waals surface area contributed by atoms with Crippen molar-refractivity contribution in [2.24, 2.45) is 0 Å². The van der Waals surface area contributed by atoms with E-state index in [4.69, 9.17) is 9.47 Å². The van der Waals surface area contributed by atoms with Crippen LogP contribution in [-0.4, -0.2) is 26.0 Å². The second-order valence-electron chi connectivity index (χ2n) is 7.31. The molecule has 0 atom stereocenters. The number of benzene rings is 4. The van der Waals surface area contributed by atoms with Crippen LogP contribution in [0, 0.1) is 0 Å². The Bertz CT molecular complexity index is 1300. The van der Waals surface area contributed by atoms with E-state index in [0.29, 0.717) is 42.9 Å². The lowest BCUT2D eigenvalue weighted by Gasteiger charge is -2.13. The lowest BCUT2D eigenvalue weighted by atomic mass is 10.1. The van der Waals surface area contributed by atoms with E-state index in [2.05, 4.69) is 42.5 Å². The number of ether oxygens (including phenoxy) is 2. The van der Waals surface area contributed by atoms with Gasteiger partial charge in [0.1, 0.15) is 11.5 Å². The number of nitrogens with one attached hydrogen (secondary N) is 2. The van der Waals surface area contributed by atoms with Gasteiger partial charge in [0.05, 0.1) is 23.2 Å². The predicted molar refractivity (Wildman–Crippen MR) is 141 cm³/mol. The fourth-order valence-electron chi connectivity index (χ4n) is 3.53. The van der Waals surface area contributed by atoms with Crippen LogP contribution in [0.15, 0.2) is 81.7 Å². The van der Waals surface area contributed by atoms with Gasteiger partial charge in [-0.25, -0.2) is 0 Å². The molecule has 2 N–H and O–H groups in total. The summed E-state index contributed by atoms with van der Waals surface area (Å²) in [6, 6.07) is 21.4. The zero-order valence-electron chi connectivity index (χ0n) is 18.3. The third-order valence-electron chi connectivity index (χ3n) is 5.25. The van der Waals surface area contributed by atoms with E-state index in [0.717, 1.165) is 10.8 Å². The Labute approximate surface area is 213 Å². The zero-order chi connectivity index (χ0) is 24.2. The van der Waals surface area contributed by atoms with Crippen molar-refractivity contribution < 1.29 is 19.1 Å². The van der Waals surface area contributed by atoms with Gasteiger partial charge in [0.2, 0.25) is 0 Å². The van der Waals surface area contributed by atoms with E-state index < -0.39 is 0 Å². The SMILES string of the molecule is COc1ccc(C(=O)Nc2cccc3c(NC(=O)c4ccc(OC)c(Br)c4)cccc23)cc1Br. The van der Waals surface area contributed by atoms with Crippen molar-refractivity contribution in [2.75, 3.05) is 24.9 Å². The minimum absolute atomic E-state index is 0.256. The van der Waals surface area contributed by atoms with E-state index in [1.54, 1.807) is 50.6 Å². The highest BCUT2D eigenvalue weighted by Gasteiger charge is 2.14. The molecule has 0 radical (unpaired) electrons. The van der Waals surface area contributed by atoms with Gasteiger partial charge in [0.15, 0.2) is 0 Å². The number of methoxy groups -OCH3 is 2. The number of anilines is 2. The Morgan fingerprint density at radius 3 is 1.41 bits per heavy atom. The zero-order valence-corrected chi connectivity index (χ0v) is 21.5. The fraction of sp³-hybridized carbons (Fsp3) is 0.0769. The van der Waals surface area contributed by atoms with Gasteiger partial charge in [-0.2, -0.15) is 0 Å². The number of carbonyl (C=O) groups excluding carboxylic acids is 2. The second-order valence-corrected chi connectivity index (χ2v) is 9.02. The summed E-state index contributed by atoms with van der Waals surface area (Å²) in [5.41, 5.74) is 2.24. The first-order valence-electron chi connectivity index (χ1n) is 10.2. The van der Waals surface area contributed by atoms with Crippen LogP contribution in [0.25, 0.3) is 10.8 Å². The quantitative estimate of drug-likeness (QED) is 0.259. The van der Waals surface area contributed by atoms with Crippen LogP contribution in [0.2, 0.25) is 0 Å². The normalized spacial score (nSPS) is 10.6. The molecule has 0 unspecified atom stereocenters. The van der Waals surface area contributed by atoms with Gasteiger partial charge in [0, 0.05) is 33.3 Å². The van der Waals surface area contributed by atoms with E-state index in [-0.39, 0.29) is 11.8 Å². The van der Waals surface area contributed by atoms with E-state index in [1.165, 1.54) is 0 Å². The summed E-state index contributed by atoms with van der Waals surface area (Å²) < 4.78 is 11.8. The predicted octanol–water partition coefficient (Wildman–Crippen LogP) is 6.89. The molecular weight excluding hydrogens is 564 g/mol. The molecule has 0 aliphatic heterocycles. The van der Waals surface area contributed by atoms with Crippen molar-refractivity contribution in [3.8, 4) is 11.5 Å². The number of amides is 2. The highest BCUT2D eigenvalue weighted by Crippen LogP contribution is 2.31. The summed E-state index contributed by atoms with van der Waals surface area (Å²) in [4.78, 5) is 25.8. The monoisotopic (exact) mass is 582 g/mol. The van der Waals surface area contributed by atoms with Crippen LogP contribution in [0.3, 0.4) is 0 Å². The molecule has 4 aromatic rings. The fourth-order valence-corrected chi connectivity index (χ4v) is 4.61. The number of hydrogen-bond donors (Lipinski definition) is 2. The van der Waals surface area contributed by atoms with Crippen molar-refractivity contribution in [2.45, 2.75) is 0 Å². The molecule has 0 fully saturated rings. The number of hydrogen-bond acceptors (Lipinski definition) is 4. The largest absolute Gasteiger partial charge is 0.496 e. The number of carbonyl (C=O) groups is 2. The molecule has 0 aromatic heterocycles. The minimum atomic E-state index is -0.256. The highest BCUT2D eigenvalue weighted by atomic mass is 79.9. The van der Waals surface area contributed by atoms with E-state index >= 15 is 0 Å². The van der Waals surface area contributed by atoms with Crippen LogP contribution in [0.1, 0.15) is 20.7 Å². The van der Waals surface area contributed by atoms with Crippen molar-refractivity contribution in [3.63, 3.8) is 0 Å². The van der Waals surface area contributed by atoms with Gasteiger partial charge >= 0.3 is 0 Å². The number of rotatable bonds is 6. The maximum Gasteiger partial charge on any atom is 0.255 e. The Hall–Kier alpha value is -3.36. The molecule has 6 nitrogen and oxygen atoms in total. The number of halogens is 2. The second kappa shape index (κ2) is 10.3. The highest BCUT2D eigenvalue weighted by molar-refractivity contribution is 9.10. The van der Waals surface area contributed by atoms with Gasteiger partial charge in [-0.1, -0.05) is 24.3 Å². The maximum atomic E-state index is 12.9. The summed E-state index contributed by atoms with van der Waals surface area (Å²) in [5.74, 6) is 0.777. The molecule has 4 rings (SSSR count). The van der Waals surface area contributed by atoms with E-state index in [9.17, 15) is 9.59 Å². The molecule has 0 aliphatic carbocycles. The average molecular weight is 584 g/mol. The van der Waals surface area contributed by atoms with Crippen LogP contribution in [0.5, 0.6) is 11.5 Å². The molecule has 34 heavy (non-hydrogen) atoms. The first-order chi connectivity index (χ1) is 16.4. The van der Waals surface area contributed by atoms with Crippen LogP contribution >= 0.6 is 31.9 Å². The molecule has 172 valence electrons. The van der Waals surface area contributed by atoms with Gasteiger partial charge in [-0.05, 0) is 80.4 Å². The number of fused-ring (bicyclic) bond motifs is 1. The molecule has 0 saturated heterocycles. The summed E-state index contributed by atoms with van der Waals surface area (Å²) in [6.07, 6.45) is 0. The van der Waals surface area contributed by atoms with Crippen LogP contribution < -0.4 is 20.1 Å². The Morgan fingerprint density at radius 2 is 1.06 bits per heavy atom. The molecule has 4 aromatic carbocycles. The Kier molecular flexibility index (Phi) is 7.19. The lowest BCUT2D eigenvalue weighted by molar-refractivity contribution is 0.101. The summed E-state index contributed by atoms with van der Waals surface area (Å²) in [5, 5.41) is 7.54. The molecule has 0 aliphatic rings. The van der Waals surface area contributed by atoms with Gasteiger partial charge in [-0.3, -0.25) is 9.59 Å². The van der Waals surface area contributed by atoms with Gasteiger partial charge < -0.3 is 20.1 Å². The molecule has 0 bridgehead atoms. The molecule has 8 heteroatoms. The topological polar surface area (TPSA) is 76.7 Å². The van der Waals surface area contributed by atoms with Crippen molar-refractivity contribution in [3.05, 3.63) is 92.9 Å². The van der Waals surface area contributed by atoms with E-state index in [1.807, 2.05) is 36.4 Å². The van der Waals surface area contributed by atoms with Crippen molar-refractivity contribution in [1.82, 2.24) is 0 Å². The summed E-state index contributed by atoms with van der Waals surface area (Å²) >= 11 is 6.82. The summed E-state index contributed by atoms with van der Waals surface area (Å²) in [7, 11) is 3.14. The minimum Gasteiger partial charge on any atom is -0.496 e.